The molecule has 1 aromatic carbocycles. The number of carbonyl (C=O) groups is 2. The molecule has 0 aliphatic carbocycles. The van der Waals surface area contributed by atoms with Gasteiger partial charge in [-0.3, -0.25) is 9.69 Å². The second-order valence-electron chi connectivity index (χ2n) is 3.94. The van der Waals surface area contributed by atoms with Gasteiger partial charge in [-0.1, -0.05) is 12.1 Å². The third kappa shape index (κ3) is 2.49. The second-order valence-corrected chi connectivity index (χ2v) is 4.80. The molecule has 0 saturated carbocycles. The highest BCUT2D eigenvalue weighted by molar-refractivity contribution is 9.10. The predicted molar refractivity (Wildman–Crippen MR) is 74.1 cm³/mol. The van der Waals surface area contributed by atoms with E-state index in [0.29, 0.717) is 5.69 Å². The molecular weight excluding hydrogens is 312 g/mol. The summed E-state index contributed by atoms with van der Waals surface area (Å²) in [5, 5.41) is 0. The van der Waals surface area contributed by atoms with E-state index in [1.54, 1.807) is 25.1 Å². The molecule has 0 aromatic heterocycles. The van der Waals surface area contributed by atoms with E-state index >= 15 is 0 Å². The molecular formula is C13H13BrN2O3. The molecule has 1 aromatic rings. The van der Waals surface area contributed by atoms with E-state index < -0.39 is 5.97 Å². The van der Waals surface area contributed by atoms with Crippen LogP contribution in [0.4, 0.5) is 5.69 Å². The summed E-state index contributed by atoms with van der Waals surface area (Å²) in [5.41, 5.74) is 6.73. The highest BCUT2D eigenvalue weighted by atomic mass is 79.9. The third-order valence-electron chi connectivity index (χ3n) is 2.74. The zero-order valence-corrected chi connectivity index (χ0v) is 11.9. The van der Waals surface area contributed by atoms with Gasteiger partial charge in [-0.05, 0) is 35.0 Å². The van der Waals surface area contributed by atoms with Crippen LogP contribution >= 0.6 is 15.9 Å². The highest BCUT2D eigenvalue weighted by Gasteiger charge is 2.34. The first kappa shape index (κ1) is 13.6. The Hall–Kier alpha value is -1.82. The summed E-state index contributed by atoms with van der Waals surface area (Å²) in [6.07, 6.45) is -0.0357. The maximum absolute atomic E-state index is 12.0. The Morgan fingerprint density at radius 2 is 2.16 bits per heavy atom. The van der Waals surface area contributed by atoms with Crippen molar-refractivity contribution < 1.29 is 14.3 Å². The Balaban J connectivity index is 2.40. The van der Waals surface area contributed by atoms with Crippen molar-refractivity contribution in [2.75, 3.05) is 11.5 Å². The lowest BCUT2D eigenvalue weighted by Gasteiger charge is -2.18. The normalized spacial score (nSPS) is 15.1. The van der Waals surface area contributed by atoms with Crippen LogP contribution in [0.5, 0.6) is 0 Å². The fourth-order valence-corrected chi connectivity index (χ4v) is 2.34. The average Bonchev–Trinajstić information content (AvgIpc) is 2.66. The number of anilines is 1. The summed E-state index contributed by atoms with van der Waals surface area (Å²) in [4.78, 5) is 25.1. The van der Waals surface area contributed by atoms with Crippen molar-refractivity contribution >= 4 is 33.5 Å². The molecule has 19 heavy (non-hydrogen) atoms. The van der Waals surface area contributed by atoms with Gasteiger partial charge in [-0.2, -0.15) is 0 Å². The molecule has 2 rings (SSSR count). The van der Waals surface area contributed by atoms with Gasteiger partial charge < -0.3 is 10.5 Å². The number of ether oxygens (including phenoxy) is 1. The number of para-hydroxylation sites is 1. The van der Waals surface area contributed by atoms with Gasteiger partial charge in [0.05, 0.1) is 24.3 Å². The minimum Gasteiger partial charge on any atom is -0.463 e. The SMILES string of the molecule is CCOC(=O)C1=C(N)N(c2ccccc2Br)C(=O)C1. The van der Waals surface area contributed by atoms with Crippen LogP contribution in [0.15, 0.2) is 40.1 Å². The Morgan fingerprint density at radius 3 is 2.79 bits per heavy atom. The van der Waals surface area contributed by atoms with Crippen molar-refractivity contribution in [1.82, 2.24) is 0 Å². The van der Waals surface area contributed by atoms with Crippen molar-refractivity contribution in [3.8, 4) is 0 Å². The van der Waals surface area contributed by atoms with E-state index in [2.05, 4.69) is 15.9 Å². The van der Waals surface area contributed by atoms with Gasteiger partial charge >= 0.3 is 5.97 Å². The van der Waals surface area contributed by atoms with Gasteiger partial charge in [0, 0.05) is 4.47 Å². The van der Waals surface area contributed by atoms with E-state index in [-0.39, 0.29) is 30.3 Å². The molecule has 0 spiro atoms. The summed E-state index contributed by atoms with van der Waals surface area (Å²) in [6, 6.07) is 7.19. The van der Waals surface area contributed by atoms with Gasteiger partial charge in [-0.15, -0.1) is 0 Å². The van der Waals surface area contributed by atoms with Gasteiger partial charge in [-0.25, -0.2) is 4.79 Å². The monoisotopic (exact) mass is 324 g/mol. The molecule has 0 unspecified atom stereocenters. The summed E-state index contributed by atoms with van der Waals surface area (Å²) in [5.74, 6) is -0.647. The summed E-state index contributed by atoms with van der Waals surface area (Å²) in [7, 11) is 0. The topological polar surface area (TPSA) is 72.6 Å². The van der Waals surface area contributed by atoms with Crippen LogP contribution in [-0.4, -0.2) is 18.5 Å². The Kier molecular flexibility index (Phi) is 3.90. The molecule has 5 nitrogen and oxygen atoms in total. The average molecular weight is 325 g/mol. The first-order valence-electron chi connectivity index (χ1n) is 5.79. The predicted octanol–water partition coefficient (Wildman–Crippen LogP) is 1.92. The molecule has 0 bridgehead atoms. The number of amides is 1. The maximum Gasteiger partial charge on any atom is 0.338 e. The fourth-order valence-electron chi connectivity index (χ4n) is 1.88. The number of halogens is 1. The molecule has 100 valence electrons. The van der Waals surface area contributed by atoms with Crippen LogP contribution in [0.25, 0.3) is 0 Å². The number of hydrogen-bond donors (Lipinski definition) is 1. The quantitative estimate of drug-likeness (QED) is 0.862. The van der Waals surface area contributed by atoms with E-state index in [1.165, 1.54) is 4.90 Å². The number of carbonyl (C=O) groups excluding carboxylic acids is 2. The maximum atomic E-state index is 12.0. The molecule has 1 aliphatic rings. The molecule has 0 atom stereocenters. The fraction of sp³-hybridized carbons (Fsp3) is 0.231. The van der Waals surface area contributed by atoms with Gasteiger partial charge in [0.2, 0.25) is 5.91 Å². The Labute approximate surface area is 119 Å². The van der Waals surface area contributed by atoms with Crippen LogP contribution in [0.1, 0.15) is 13.3 Å². The highest BCUT2D eigenvalue weighted by Crippen LogP contribution is 2.33. The number of rotatable bonds is 3. The smallest absolute Gasteiger partial charge is 0.338 e. The molecule has 2 N–H and O–H groups in total. The molecule has 0 saturated heterocycles. The van der Waals surface area contributed by atoms with Crippen molar-refractivity contribution in [3.63, 3.8) is 0 Å². The van der Waals surface area contributed by atoms with E-state index in [9.17, 15) is 9.59 Å². The molecule has 1 amide bonds. The Morgan fingerprint density at radius 1 is 1.47 bits per heavy atom. The molecule has 0 fully saturated rings. The zero-order chi connectivity index (χ0) is 14.0. The summed E-state index contributed by atoms with van der Waals surface area (Å²) < 4.78 is 5.62. The second kappa shape index (κ2) is 5.44. The van der Waals surface area contributed by atoms with Crippen LogP contribution < -0.4 is 10.6 Å². The van der Waals surface area contributed by atoms with Crippen LogP contribution in [0.2, 0.25) is 0 Å². The zero-order valence-electron chi connectivity index (χ0n) is 10.4. The van der Waals surface area contributed by atoms with Crippen LogP contribution in [-0.2, 0) is 14.3 Å². The number of hydrogen-bond acceptors (Lipinski definition) is 4. The molecule has 0 radical (unpaired) electrons. The van der Waals surface area contributed by atoms with Gasteiger partial charge in [0.25, 0.3) is 0 Å². The number of benzene rings is 1. The Bertz CT molecular complexity index is 569. The lowest BCUT2D eigenvalue weighted by Crippen LogP contribution is -2.29. The van der Waals surface area contributed by atoms with Crippen molar-refractivity contribution in [2.24, 2.45) is 5.73 Å². The van der Waals surface area contributed by atoms with E-state index in [1.807, 2.05) is 6.07 Å². The number of esters is 1. The van der Waals surface area contributed by atoms with Crippen LogP contribution in [0.3, 0.4) is 0 Å². The third-order valence-corrected chi connectivity index (χ3v) is 3.41. The summed E-state index contributed by atoms with van der Waals surface area (Å²) in [6.45, 7) is 1.95. The van der Waals surface area contributed by atoms with Crippen molar-refractivity contribution in [2.45, 2.75) is 13.3 Å². The minimum atomic E-state index is -0.539. The lowest BCUT2D eigenvalue weighted by atomic mass is 10.2. The molecule has 6 heteroatoms. The first-order valence-corrected chi connectivity index (χ1v) is 6.58. The largest absolute Gasteiger partial charge is 0.463 e. The molecule has 1 aliphatic heterocycles. The summed E-state index contributed by atoms with van der Waals surface area (Å²) >= 11 is 3.36. The molecule has 1 heterocycles. The van der Waals surface area contributed by atoms with Crippen molar-refractivity contribution in [3.05, 3.63) is 40.1 Å². The minimum absolute atomic E-state index is 0.0357. The first-order chi connectivity index (χ1) is 9.06. The van der Waals surface area contributed by atoms with E-state index in [0.717, 1.165) is 4.47 Å². The van der Waals surface area contributed by atoms with E-state index in [4.69, 9.17) is 10.5 Å². The number of nitrogens with two attached hydrogens (primary N) is 1. The lowest BCUT2D eigenvalue weighted by molar-refractivity contribution is -0.139. The van der Waals surface area contributed by atoms with Gasteiger partial charge in [0.1, 0.15) is 5.82 Å². The van der Waals surface area contributed by atoms with Crippen LogP contribution in [0, 0.1) is 0 Å². The van der Waals surface area contributed by atoms with Gasteiger partial charge in [0.15, 0.2) is 0 Å². The van der Waals surface area contributed by atoms with Crippen molar-refractivity contribution in [1.29, 1.82) is 0 Å². The standard InChI is InChI=1S/C13H13BrN2O3/c1-2-19-13(18)8-7-11(17)16(12(8)15)10-6-4-3-5-9(10)14/h3-6H,2,7,15H2,1H3. The number of nitrogens with zero attached hydrogens (tertiary/aromatic N) is 1.